The van der Waals surface area contributed by atoms with Crippen molar-refractivity contribution in [1.82, 2.24) is 5.32 Å². The lowest BCUT2D eigenvalue weighted by atomic mass is 9.96. The molecule has 0 aromatic carbocycles. The van der Waals surface area contributed by atoms with Crippen LogP contribution < -0.4 is 5.32 Å². The molecule has 0 aromatic heterocycles. The van der Waals surface area contributed by atoms with Gasteiger partial charge in [0.15, 0.2) is 5.78 Å². The Kier molecular flexibility index (Phi) is 6.64. The van der Waals surface area contributed by atoms with E-state index < -0.39 is 0 Å². The Bertz CT molecular complexity index is 224. The Morgan fingerprint density at radius 3 is 2.06 bits per heavy atom. The zero-order chi connectivity index (χ0) is 12.9. The first-order chi connectivity index (χ1) is 7.20. The van der Waals surface area contributed by atoms with E-state index in [2.05, 4.69) is 46.9 Å². The van der Waals surface area contributed by atoms with Gasteiger partial charge in [0.25, 0.3) is 0 Å². The van der Waals surface area contributed by atoms with Crippen LogP contribution in [0.4, 0.5) is 0 Å². The number of hydrogen-bond acceptors (Lipinski definition) is 3. The molecule has 0 bridgehead atoms. The fraction of sp³-hybridized carbons (Fsp3) is 0.923. The lowest BCUT2D eigenvalue weighted by Crippen LogP contribution is -2.52. The largest absolute Gasteiger partial charge is 0.304 e. The van der Waals surface area contributed by atoms with Gasteiger partial charge in [-0.3, -0.25) is 4.79 Å². The third-order valence-electron chi connectivity index (χ3n) is 2.41. The van der Waals surface area contributed by atoms with Crippen molar-refractivity contribution in [1.29, 1.82) is 0 Å². The van der Waals surface area contributed by atoms with Crippen LogP contribution in [-0.2, 0) is 4.79 Å². The van der Waals surface area contributed by atoms with Gasteiger partial charge in [-0.1, -0.05) is 34.6 Å². The van der Waals surface area contributed by atoms with E-state index in [0.717, 1.165) is 0 Å². The molecule has 3 heteroatoms. The van der Waals surface area contributed by atoms with Crippen LogP contribution in [0.1, 0.15) is 54.9 Å². The summed E-state index contributed by atoms with van der Waals surface area (Å²) >= 11 is 1.87. The maximum Gasteiger partial charge on any atom is 0.150 e. The maximum atomic E-state index is 12.0. The van der Waals surface area contributed by atoms with Gasteiger partial charge in [0.05, 0.1) is 6.04 Å². The third kappa shape index (κ3) is 5.35. The number of carbonyl (C=O) groups is 1. The van der Waals surface area contributed by atoms with Crippen LogP contribution >= 0.6 is 11.8 Å². The lowest BCUT2D eigenvalue weighted by molar-refractivity contribution is -0.121. The van der Waals surface area contributed by atoms with Crippen molar-refractivity contribution in [2.45, 2.75) is 77.0 Å². The van der Waals surface area contributed by atoms with Gasteiger partial charge in [0.2, 0.25) is 0 Å². The molecular formula is C13H27NOS. The summed E-state index contributed by atoms with van der Waals surface area (Å²) in [6.07, 6.45) is 0.604. The topological polar surface area (TPSA) is 29.1 Å². The molecule has 0 aliphatic carbocycles. The van der Waals surface area contributed by atoms with E-state index in [9.17, 15) is 4.79 Å². The number of Topliss-reactive ketones (excluding diaryl/α,β-unsaturated/α-hetero) is 1. The molecule has 0 heterocycles. The van der Waals surface area contributed by atoms with Gasteiger partial charge in [0, 0.05) is 17.2 Å². The molecular weight excluding hydrogens is 218 g/mol. The Morgan fingerprint density at radius 1 is 1.25 bits per heavy atom. The Morgan fingerprint density at radius 2 is 1.75 bits per heavy atom. The summed E-state index contributed by atoms with van der Waals surface area (Å²) in [7, 11) is 0. The first kappa shape index (κ1) is 16.0. The van der Waals surface area contributed by atoms with Crippen molar-refractivity contribution >= 4 is 17.5 Å². The molecule has 0 aliphatic heterocycles. The number of hydrogen-bond donors (Lipinski definition) is 1. The number of carbonyl (C=O) groups excluding carboxylic acids is 1. The summed E-state index contributed by atoms with van der Waals surface area (Å²) in [6.45, 7) is 14.8. The monoisotopic (exact) mass is 245 g/mol. The van der Waals surface area contributed by atoms with Gasteiger partial charge in [0.1, 0.15) is 0 Å². The molecule has 0 aliphatic rings. The van der Waals surface area contributed by atoms with Crippen LogP contribution in [0.15, 0.2) is 0 Å². The maximum absolute atomic E-state index is 12.0. The molecule has 0 saturated heterocycles. The molecule has 1 unspecified atom stereocenters. The van der Waals surface area contributed by atoms with Gasteiger partial charge in [-0.2, -0.15) is 11.8 Å². The highest BCUT2D eigenvalue weighted by molar-refractivity contribution is 8.01. The molecule has 0 amide bonds. The summed E-state index contributed by atoms with van der Waals surface area (Å²) in [5.41, 5.74) is 0. The normalized spacial score (nSPS) is 14.6. The second-order valence-electron chi connectivity index (χ2n) is 5.34. The van der Waals surface area contributed by atoms with Crippen molar-refractivity contribution in [2.75, 3.05) is 0 Å². The second kappa shape index (κ2) is 6.65. The van der Waals surface area contributed by atoms with Crippen molar-refractivity contribution in [3.63, 3.8) is 0 Å². The average molecular weight is 245 g/mol. The number of nitrogens with one attached hydrogen (secondary N) is 1. The summed E-state index contributed by atoms with van der Waals surface area (Å²) < 4.78 is -0.0501. The van der Waals surface area contributed by atoms with Crippen molar-refractivity contribution in [3.8, 4) is 0 Å². The summed E-state index contributed by atoms with van der Waals surface area (Å²) in [4.78, 5) is 12.0. The highest BCUT2D eigenvalue weighted by atomic mass is 32.2. The van der Waals surface area contributed by atoms with E-state index in [1.54, 1.807) is 0 Å². The van der Waals surface area contributed by atoms with Crippen LogP contribution in [0.2, 0.25) is 0 Å². The molecule has 16 heavy (non-hydrogen) atoms. The van der Waals surface area contributed by atoms with E-state index in [1.807, 2.05) is 18.7 Å². The molecule has 1 atom stereocenters. The van der Waals surface area contributed by atoms with Crippen molar-refractivity contribution in [3.05, 3.63) is 0 Å². The average Bonchev–Trinajstić information content (AvgIpc) is 2.10. The van der Waals surface area contributed by atoms with Gasteiger partial charge in [-0.05, 0) is 19.1 Å². The van der Waals surface area contributed by atoms with Crippen molar-refractivity contribution in [2.24, 2.45) is 0 Å². The Hall–Kier alpha value is -0.0200. The predicted molar refractivity (Wildman–Crippen MR) is 74.2 cm³/mol. The fourth-order valence-electron chi connectivity index (χ4n) is 1.89. The van der Waals surface area contributed by atoms with Crippen LogP contribution in [0, 0.1) is 0 Å². The van der Waals surface area contributed by atoms with Crippen molar-refractivity contribution < 1.29 is 4.79 Å². The van der Waals surface area contributed by atoms with E-state index in [-0.39, 0.29) is 10.8 Å². The van der Waals surface area contributed by atoms with Crippen LogP contribution in [-0.4, -0.2) is 27.9 Å². The van der Waals surface area contributed by atoms with Gasteiger partial charge in [-0.25, -0.2) is 0 Å². The SMILES string of the molecule is CCC(=O)C(NC(C)C)C(C)(C)SC(C)C. The van der Waals surface area contributed by atoms with Gasteiger partial charge >= 0.3 is 0 Å². The number of rotatable bonds is 7. The van der Waals surface area contributed by atoms with Gasteiger partial charge < -0.3 is 5.32 Å². The fourth-order valence-corrected chi connectivity index (χ4v) is 3.44. The summed E-state index contributed by atoms with van der Waals surface area (Å²) in [5, 5.41) is 3.94. The molecule has 2 nitrogen and oxygen atoms in total. The molecule has 0 aromatic rings. The van der Waals surface area contributed by atoms with Crippen LogP contribution in [0.25, 0.3) is 0 Å². The second-order valence-corrected chi connectivity index (χ2v) is 7.58. The highest BCUT2D eigenvalue weighted by Gasteiger charge is 2.35. The molecule has 0 fully saturated rings. The number of thioether (sulfide) groups is 1. The molecule has 0 spiro atoms. The minimum absolute atomic E-state index is 0.0501. The minimum atomic E-state index is -0.0510. The molecule has 96 valence electrons. The molecule has 0 radical (unpaired) electrons. The summed E-state index contributed by atoms with van der Waals surface area (Å²) in [6, 6.07) is 0.289. The standard InChI is InChI=1S/C13H27NOS/c1-8-11(15)12(14-9(2)3)13(6,7)16-10(4)5/h9-10,12,14H,8H2,1-7H3. The van der Waals surface area contributed by atoms with E-state index in [1.165, 1.54) is 0 Å². The van der Waals surface area contributed by atoms with E-state index in [4.69, 9.17) is 0 Å². The molecule has 0 rings (SSSR count). The number of ketones is 1. The van der Waals surface area contributed by atoms with Gasteiger partial charge in [-0.15, -0.1) is 0 Å². The first-order valence-electron chi connectivity index (χ1n) is 6.17. The summed E-state index contributed by atoms with van der Waals surface area (Å²) in [5.74, 6) is 0.312. The quantitative estimate of drug-likeness (QED) is 0.746. The first-order valence-corrected chi connectivity index (χ1v) is 7.05. The Balaban J connectivity index is 4.78. The zero-order valence-corrected chi connectivity index (χ0v) is 12.6. The van der Waals surface area contributed by atoms with E-state index >= 15 is 0 Å². The lowest BCUT2D eigenvalue weighted by Gasteiger charge is -2.36. The van der Waals surface area contributed by atoms with Crippen LogP contribution in [0.5, 0.6) is 0 Å². The molecule has 0 saturated carbocycles. The third-order valence-corrected chi connectivity index (χ3v) is 3.72. The predicted octanol–water partition coefficient (Wildman–Crippen LogP) is 3.25. The highest BCUT2D eigenvalue weighted by Crippen LogP contribution is 2.32. The molecule has 1 N–H and O–H groups in total. The zero-order valence-electron chi connectivity index (χ0n) is 11.8. The van der Waals surface area contributed by atoms with E-state index in [0.29, 0.717) is 23.5 Å². The van der Waals surface area contributed by atoms with Crippen LogP contribution in [0.3, 0.4) is 0 Å². The Labute approximate surface area is 105 Å². The minimum Gasteiger partial charge on any atom is -0.304 e. The smallest absolute Gasteiger partial charge is 0.150 e.